The normalized spacial score (nSPS) is 10.3. The Kier molecular flexibility index (Phi) is 6.10. The van der Waals surface area contributed by atoms with Gasteiger partial charge in [0.25, 0.3) is 0 Å². The largest absolute Gasteiger partial charge is 0.497 e. The molecule has 4 heteroatoms. The maximum absolute atomic E-state index is 12.2. The molecule has 0 heterocycles. The van der Waals surface area contributed by atoms with Crippen molar-refractivity contribution in [3.63, 3.8) is 0 Å². The molecule has 0 atom stereocenters. The number of esters is 1. The number of ether oxygens (including phenoxy) is 3. The summed E-state index contributed by atoms with van der Waals surface area (Å²) in [6.45, 7) is 0. The van der Waals surface area contributed by atoms with Crippen molar-refractivity contribution in [2.24, 2.45) is 0 Å². The van der Waals surface area contributed by atoms with Crippen molar-refractivity contribution < 1.29 is 19.0 Å². The van der Waals surface area contributed by atoms with Gasteiger partial charge in [-0.2, -0.15) is 0 Å². The lowest BCUT2D eigenvalue weighted by atomic mass is 10.0. The highest BCUT2D eigenvalue weighted by Gasteiger charge is 2.08. The smallest absolute Gasteiger partial charge is 0.343 e. The molecule has 0 amide bonds. The highest BCUT2D eigenvalue weighted by Crippen LogP contribution is 2.18. The van der Waals surface area contributed by atoms with Crippen LogP contribution in [-0.2, 0) is 12.8 Å². The summed E-state index contributed by atoms with van der Waals surface area (Å²) < 4.78 is 15.7. The zero-order chi connectivity index (χ0) is 19.1. The minimum Gasteiger partial charge on any atom is -0.497 e. The van der Waals surface area contributed by atoms with E-state index >= 15 is 0 Å². The van der Waals surface area contributed by atoms with Crippen molar-refractivity contribution in [2.45, 2.75) is 12.8 Å². The van der Waals surface area contributed by atoms with Crippen LogP contribution in [0.5, 0.6) is 17.2 Å². The van der Waals surface area contributed by atoms with Gasteiger partial charge in [-0.25, -0.2) is 4.79 Å². The van der Waals surface area contributed by atoms with E-state index in [9.17, 15) is 4.79 Å². The molecule has 0 N–H and O–H groups in total. The first-order valence-corrected chi connectivity index (χ1v) is 8.76. The van der Waals surface area contributed by atoms with Crippen LogP contribution < -0.4 is 14.2 Å². The second kappa shape index (κ2) is 8.90. The van der Waals surface area contributed by atoms with Crippen LogP contribution in [0.4, 0.5) is 0 Å². The molecule has 4 nitrogen and oxygen atoms in total. The molecule has 0 aliphatic rings. The summed E-state index contributed by atoms with van der Waals surface area (Å²) in [7, 11) is 3.25. The monoisotopic (exact) mass is 362 g/mol. The van der Waals surface area contributed by atoms with Gasteiger partial charge in [-0.15, -0.1) is 0 Å². The fourth-order valence-corrected chi connectivity index (χ4v) is 2.70. The van der Waals surface area contributed by atoms with Crippen molar-refractivity contribution in [1.29, 1.82) is 0 Å². The number of benzene rings is 3. The summed E-state index contributed by atoms with van der Waals surface area (Å²) in [6.07, 6.45) is 1.86. The number of aryl methyl sites for hydroxylation is 2. The second-order valence-electron chi connectivity index (χ2n) is 6.11. The second-order valence-corrected chi connectivity index (χ2v) is 6.11. The van der Waals surface area contributed by atoms with Crippen LogP contribution in [0.1, 0.15) is 21.5 Å². The zero-order valence-electron chi connectivity index (χ0n) is 15.5. The van der Waals surface area contributed by atoms with E-state index in [1.54, 1.807) is 38.5 Å². The van der Waals surface area contributed by atoms with Crippen LogP contribution in [0.15, 0.2) is 72.8 Å². The number of carbonyl (C=O) groups is 1. The number of hydrogen-bond donors (Lipinski definition) is 0. The van der Waals surface area contributed by atoms with Crippen molar-refractivity contribution in [2.75, 3.05) is 14.2 Å². The topological polar surface area (TPSA) is 44.8 Å². The third-order valence-corrected chi connectivity index (χ3v) is 4.32. The number of carbonyl (C=O) groups excluding carboxylic acids is 1. The number of methoxy groups -OCH3 is 2. The molecule has 0 saturated carbocycles. The summed E-state index contributed by atoms with van der Waals surface area (Å²) >= 11 is 0. The molecule has 0 aromatic heterocycles. The van der Waals surface area contributed by atoms with Crippen LogP contribution in [0.2, 0.25) is 0 Å². The van der Waals surface area contributed by atoms with E-state index in [0.29, 0.717) is 17.1 Å². The molecule has 138 valence electrons. The van der Waals surface area contributed by atoms with Gasteiger partial charge in [0.05, 0.1) is 19.8 Å². The Morgan fingerprint density at radius 2 is 1.04 bits per heavy atom. The Morgan fingerprint density at radius 3 is 1.48 bits per heavy atom. The molecule has 3 rings (SSSR count). The van der Waals surface area contributed by atoms with E-state index < -0.39 is 0 Å². The minimum absolute atomic E-state index is 0.386. The van der Waals surface area contributed by atoms with Crippen molar-refractivity contribution in [3.8, 4) is 17.2 Å². The fourth-order valence-electron chi connectivity index (χ4n) is 2.70. The Labute approximate surface area is 159 Å². The van der Waals surface area contributed by atoms with Gasteiger partial charge in [0.2, 0.25) is 0 Å². The lowest BCUT2D eigenvalue weighted by molar-refractivity contribution is 0.0734. The summed E-state index contributed by atoms with van der Waals surface area (Å²) in [4.78, 5) is 12.2. The van der Waals surface area contributed by atoms with Crippen LogP contribution in [0, 0.1) is 0 Å². The van der Waals surface area contributed by atoms with Crippen LogP contribution in [0.3, 0.4) is 0 Å². The first-order valence-electron chi connectivity index (χ1n) is 8.76. The summed E-state index contributed by atoms with van der Waals surface area (Å²) in [6, 6.07) is 22.5. The summed E-state index contributed by atoms with van der Waals surface area (Å²) in [5, 5.41) is 0. The van der Waals surface area contributed by atoms with Gasteiger partial charge in [-0.3, -0.25) is 0 Å². The van der Waals surface area contributed by atoms with E-state index in [2.05, 4.69) is 12.1 Å². The highest BCUT2D eigenvalue weighted by molar-refractivity contribution is 5.91. The zero-order valence-corrected chi connectivity index (χ0v) is 15.5. The standard InChI is InChI=1S/C23H22O4/c1-25-20-11-5-17(6-12-20)3-4-18-7-13-22(14-8-18)27-23(24)19-9-15-21(26-2)16-10-19/h5-16H,3-4H2,1-2H3. The number of hydrogen-bond acceptors (Lipinski definition) is 4. The van der Waals surface area contributed by atoms with E-state index in [1.807, 2.05) is 36.4 Å². The first kappa shape index (κ1) is 18.5. The predicted molar refractivity (Wildman–Crippen MR) is 105 cm³/mol. The highest BCUT2D eigenvalue weighted by atomic mass is 16.5. The predicted octanol–water partition coefficient (Wildman–Crippen LogP) is 4.71. The fraction of sp³-hybridized carbons (Fsp3) is 0.174. The Morgan fingerprint density at radius 1 is 0.630 bits per heavy atom. The van der Waals surface area contributed by atoms with Crippen LogP contribution in [-0.4, -0.2) is 20.2 Å². The van der Waals surface area contributed by atoms with E-state index in [4.69, 9.17) is 14.2 Å². The van der Waals surface area contributed by atoms with Crippen molar-refractivity contribution in [3.05, 3.63) is 89.5 Å². The van der Waals surface area contributed by atoms with Crippen molar-refractivity contribution >= 4 is 5.97 Å². The molecular formula is C23H22O4. The van der Waals surface area contributed by atoms with Gasteiger partial charge in [-0.05, 0) is 72.5 Å². The third kappa shape index (κ3) is 5.11. The maximum atomic E-state index is 12.2. The molecule has 0 aliphatic heterocycles. The quantitative estimate of drug-likeness (QED) is 0.451. The molecule has 0 saturated heterocycles. The maximum Gasteiger partial charge on any atom is 0.343 e. The SMILES string of the molecule is COc1ccc(CCc2ccc(OC(=O)c3ccc(OC)cc3)cc2)cc1. The van der Waals surface area contributed by atoms with Gasteiger partial charge in [0, 0.05) is 0 Å². The van der Waals surface area contributed by atoms with E-state index in [-0.39, 0.29) is 5.97 Å². The van der Waals surface area contributed by atoms with Gasteiger partial charge >= 0.3 is 5.97 Å². The molecule has 0 aliphatic carbocycles. The van der Waals surface area contributed by atoms with Gasteiger partial charge in [-0.1, -0.05) is 24.3 Å². The first-order chi connectivity index (χ1) is 13.2. The Balaban J connectivity index is 1.55. The lowest BCUT2D eigenvalue weighted by Gasteiger charge is -2.07. The summed E-state index contributed by atoms with van der Waals surface area (Å²) in [5.41, 5.74) is 2.93. The average Bonchev–Trinajstić information content (AvgIpc) is 2.73. The molecule has 0 bridgehead atoms. The molecule has 3 aromatic rings. The molecule has 0 radical (unpaired) electrons. The molecule has 0 unspecified atom stereocenters. The number of rotatable bonds is 7. The van der Waals surface area contributed by atoms with Crippen LogP contribution >= 0.6 is 0 Å². The molecule has 27 heavy (non-hydrogen) atoms. The van der Waals surface area contributed by atoms with E-state index in [0.717, 1.165) is 18.6 Å². The molecule has 0 fully saturated rings. The molecule has 3 aromatic carbocycles. The van der Waals surface area contributed by atoms with Gasteiger partial charge in [0.15, 0.2) is 0 Å². The van der Waals surface area contributed by atoms with E-state index in [1.165, 1.54) is 11.1 Å². The Bertz CT molecular complexity index is 866. The van der Waals surface area contributed by atoms with Gasteiger partial charge in [0.1, 0.15) is 17.2 Å². The Hall–Kier alpha value is -3.27. The summed E-state index contributed by atoms with van der Waals surface area (Å²) in [5.74, 6) is 1.71. The lowest BCUT2D eigenvalue weighted by Crippen LogP contribution is -2.08. The molecular weight excluding hydrogens is 340 g/mol. The van der Waals surface area contributed by atoms with Crippen LogP contribution in [0.25, 0.3) is 0 Å². The van der Waals surface area contributed by atoms with Gasteiger partial charge < -0.3 is 14.2 Å². The average molecular weight is 362 g/mol. The third-order valence-electron chi connectivity index (χ3n) is 4.32. The molecule has 0 spiro atoms. The van der Waals surface area contributed by atoms with Crippen molar-refractivity contribution in [1.82, 2.24) is 0 Å². The minimum atomic E-state index is -0.386.